The molecule has 1 aromatic rings. The van der Waals surface area contributed by atoms with Crippen LogP contribution in [0.15, 0.2) is 18.2 Å². The van der Waals surface area contributed by atoms with Gasteiger partial charge in [0.1, 0.15) is 0 Å². The number of ether oxygens (including phenoxy) is 2. The van der Waals surface area contributed by atoms with E-state index >= 15 is 0 Å². The predicted octanol–water partition coefficient (Wildman–Crippen LogP) is 2.04. The number of esters is 1. The van der Waals surface area contributed by atoms with E-state index in [1.54, 1.807) is 25.1 Å². The zero-order valence-corrected chi connectivity index (χ0v) is 11.1. The molecule has 0 aromatic heterocycles. The Morgan fingerprint density at radius 1 is 1.47 bits per heavy atom. The fraction of sp³-hybridized carbons (Fsp3) is 0.500. The van der Waals surface area contributed by atoms with E-state index in [1.807, 2.05) is 0 Å². The maximum Gasteiger partial charge on any atom is 0.338 e. The monoisotopic (exact) mass is 264 g/mol. The number of hydrogen-bond acceptors (Lipinski definition) is 5. The van der Waals surface area contributed by atoms with E-state index < -0.39 is 0 Å². The molecule has 0 spiro atoms. The minimum Gasteiger partial charge on any atom is -0.462 e. The molecule has 0 bridgehead atoms. The second-order valence-electron chi connectivity index (χ2n) is 4.55. The lowest BCUT2D eigenvalue weighted by Crippen LogP contribution is -2.28. The normalized spacial score (nSPS) is 16.1. The molecule has 0 saturated carbocycles. The summed E-state index contributed by atoms with van der Waals surface area (Å²) in [5, 5.41) is 3.37. The molecule has 19 heavy (non-hydrogen) atoms. The number of hydrogen-bond donors (Lipinski definition) is 2. The molecule has 1 aliphatic heterocycles. The molecule has 0 unspecified atom stereocenters. The van der Waals surface area contributed by atoms with Crippen molar-refractivity contribution < 1.29 is 14.3 Å². The topological polar surface area (TPSA) is 73.6 Å². The largest absolute Gasteiger partial charge is 0.462 e. The van der Waals surface area contributed by atoms with Crippen molar-refractivity contribution in [2.24, 2.45) is 0 Å². The fourth-order valence-corrected chi connectivity index (χ4v) is 2.08. The van der Waals surface area contributed by atoms with E-state index in [2.05, 4.69) is 5.32 Å². The first-order chi connectivity index (χ1) is 9.20. The minimum atomic E-state index is -0.322. The van der Waals surface area contributed by atoms with Crippen molar-refractivity contribution in [1.82, 2.24) is 0 Å². The van der Waals surface area contributed by atoms with Gasteiger partial charge < -0.3 is 20.5 Å². The first kappa shape index (κ1) is 13.7. The van der Waals surface area contributed by atoms with Gasteiger partial charge in [-0.3, -0.25) is 0 Å². The van der Waals surface area contributed by atoms with Crippen LogP contribution in [0, 0.1) is 0 Å². The van der Waals surface area contributed by atoms with Gasteiger partial charge in [0, 0.05) is 19.3 Å². The number of carbonyl (C=O) groups is 1. The number of anilines is 2. The van der Waals surface area contributed by atoms with Gasteiger partial charge in [-0.2, -0.15) is 0 Å². The molecule has 1 fully saturated rings. The standard InChI is InChI=1S/C14H20N2O3/c1-2-19-14(17)10-3-4-12(15)13(9-10)16-11-5-7-18-8-6-11/h3-4,9,11,16H,2,5-8,15H2,1H3. The van der Waals surface area contributed by atoms with Crippen LogP contribution in [0.2, 0.25) is 0 Å². The van der Waals surface area contributed by atoms with Crippen LogP contribution in [-0.2, 0) is 9.47 Å². The Morgan fingerprint density at radius 3 is 2.89 bits per heavy atom. The van der Waals surface area contributed by atoms with E-state index in [1.165, 1.54) is 0 Å². The molecule has 1 aliphatic rings. The second kappa shape index (κ2) is 6.43. The third-order valence-corrected chi connectivity index (χ3v) is 3.15. The van der Waals surface area contributed by atoms with E-state index in [9.17, 15) is 4.79 Å². The molecular weight excluding hydrogens is 244 g/mol. The molecule has 1 aromatic carbocycles. The molecule has 1 saturated heterocycles. The first-order valence-electron chi connectivity index (χ1n) is 6.61. The SMILES string of the molecule is CCOC(=O)c1ccc(N)c(NC2CCOCC2)c1. The fourth-order valence-electron chi connectivity index (χ4n) is 2.08. The summed E-state index contributed by atoms with van der Waals surface area (Å²) in [5.74, 6) is -0.322. The van der Waals surface area contributed by atoms with Gasteiger partial charge in [0.25, 0.3) is 0 Å². The zero-order valence-electron chi connectivity index (χ0n) is 11.1. The highest BCUT2D eigenvalue weighted by Crippen LogP contribution is 2.23. The van der Waals surface area contributed by atoms with Crippen molar-refractivity contribution in [2.45, 2.75) is 25.8 Å². The van der Waals surface area contributed by atoms with Crippen molar-refractivity contribution in [3.05, 3.63) is 23.8 Å². The average molecular weight is 264 g/mol. The lowest BCUT2D eigenvalue weighted by Gasteiger charge is -2.25. The van der Waals surface area contributed by atoms with E-state index in [0.29, 0.717) is 23.9 Å². The molecule has 0 amide bonds. The highest BCUT2D eigenvalue weighted by Gasteiger charge is 2.16. The first-order valence-corrected chi connectivity index (χ1v) is 6.61. The van der Waals surface area contributed by atoms with Crippen molar-refractivity contribution >= 4 is 17.3 Å². The molecule has 0 atom stereocenters. The molecule has 1 heterocycles. The number of benzene rings is 1. The Labute approximate surface area is 113 Å². The summed E-state index contributed by atoms with van der Waals surface area (Å²) < 4.78 is 10.3. The van der Waals surface area contributed by atoms with Crippen LogP contribution in [-0.4, -0.2) is 31.8 Å². The average Bonchev–Trinajstić information content (AvgIpc) is 2.42. The highest BCUT2D eigenvalue weighted by atomic mass is 16.5. The van der Waals surface area contributed by atoms with Crippen LogP contribution in [0.1, 0.15) is 30.1 Å². The summed E-state index contributed by atoms with van der Waals surface area (Å²) in [4.78, 5) is 11.7. The molecule has 5 heteroatoms. The van der Waals surface area contributed by atoms with Gasteiger partial charge in [0.15, 0.2) is 0 Å². The molecular formula is C14H20N2O3. The third-order valence-electron chi connectivity index (χ3n) is 3.15. The number of carbonyl (C=O) groups excluding carboxylic acids is 1. The number of rotatable bonds is 4. The minimum absolute atomic E-state index is 0.322. The summed E-state index contributed by atoms with van der Waals surface area (Å²) in [6, 6.07) is 5.51. The molecule has 0 radical (unpaired) electrons. The maximum absolute atomic E-state index is 11.7. The summed E-state index contributed by atoms with van der Waals surface area (Å²) in [6.45, 7) is 3.67. The lowest BCUT2D eigenvalue weighted by molar-refractivity contribution is 0.0526. The molecule has 104 valence electrons. The predicted molar refractivity (Wildman–Crippen MR) is 74.3 cm³/mol. The van der Waals surface area contributed by atoms with Crippen LogP contribution in [0.5, 0.6) is 0 Å². The maximum atomic E-state index is 11.7. The van der Waals surface area contributed by atoms with Gasteiger partial charge in [0.05, 0.1) is 23.5 Å². The zero-order chi connectivity index (χ0) is 13.7. The van der Waals surface area contributed by atoms with Crippen molar-refractivity contribution in [3.63, 3.8) is 0 Å². The lowest BCUT2D eigenvalue weighted by atomic mass is 10.1. The number of nitrogens with one attached hydrogen (secondary N) is 1. The summed E-state index contributed by atoms with van der Waals surface area (Å²) in [6.07, 6.45) is 1.89. The second-order valence-corrected chi connectivity index (χ2v) is 4.55. The van der Waals surface area contributed by atoms with Crippen LogP contribution < -0.4 is 11.1 Å². The van der Waals surface area contributed by atoms with Crippen LogP contribution >= 0.6 is 0 Å². The summed E-state index contributed by atoms with van der Waals surface area (Å²) in [5.41, 5.74) is 7.88. The molecule has 0 aliphatic carbocycles. The van der Waals surface area contributed by atoms with Gasteiger partial charge >= 0.3 is 5.97 Å². The molecule has 2 rings (SSSR count). The number of nitrogens with two attached hydrogens (primary N) is 1. The smallest absolute Gasteiger partial charge is 0.338 e. The Balaban J connectivity index is 2.10. The molecule has 3 N–H and O–H groups in total. The Morgan fingerprint density at radius 2 is 2.21 bits per heavy atom. The van der Waals surface area contributed by atoms with Gasteiger partial charge in [-0.15, -0.1) is 0 Å². The summed E-state index contributed by atoms with van der Waals surface area (Å²) >= 11 is 0. The van der Waals surface area contributed by atoms with Gasteiger partial charge in [-0.25, -0.2) is 4.79 Å². The Bertz CT molecular complexity index is 442. The van der Waals surface area contributed by atoms with Gasteiger partial charge in [-0.1, -0.05) is 0 Å². The third kappa shape index (κ3) is 3.61. The van der Waals surface area contributed by atoms with E-state index in [-0.39, 0.29) is 5.97 Å². The van der Waals surface area contributed by atoms with Gasteiger partial charge in [-0.05, 0) is 38.0 Å². The highest BCUT2D eigenvalue weighted by molar-refractivity contribution is 5.92. The van der Waals surface area contributed by atoms with Crippen molar-refractivity contribution in [1.29, 1.82) is 0 Å². The molecule has 5 nitrogen and oxygen atoms in total. The van der Waals surface area contributed by atoms with Crippen LogP contribution in [0.4, 0.5) is 11.4 Å². The van der Waals surface area contributed by atoms with E-state index in [4.69, 9.17) is 15.2 Å². The van der Waals surface area contributed by atoms with Crippen molar-refractivity contribution in [3.8, 4) is 0 Å². The van der Waals surface area contributed by atoms with Crippen LogP contribution in [0.3, 0.4) is 0 Å². The Kier molecular flexibility index (Phi) is 4.63. The van der Waals surface area contributed by atoms with Crippen molar-refractivity contribution in [2.75, 3.05) is 30.9 Å². The van der Waals surface area contributed by atoms with Crippen LogP contribution in [0.25, 0.3) is 0 Å². The van der Waals surface area contributed by atoms with E-state index in [0.717, 1.165) is 31.7 Å². The quantitative estimate of drug-likeness (QED) is 0.643. The van der Waals surface area contributed by atoms with Gasteiger partial charge in [0.2, 0.25) is 0 Å². The Hall–Kier alpha value is -1.75. The number of nitrogen functional groups attached to an aromatic ring is 1. The summed E-state index contributed by atoms with van der Waals surface area (Å²) in [7, 11) is 0.